The van der Waals surface area contributed by atoms with Gasteiger partial charge >= 0.3 is 0 Å². The minimum atomic E-state index is 0. The number of aromatic nitrogens is 1. The van der Waals surface area contributed by atoms with Gasteiger partial charge in [0.25, 0.3) is 0 Å². The van der Waals surface area contributed by atoms with Crippen molar-refractivity contribution in [3.8, 4) is 0 Å². The summed E-state index contributed by atoms with van der Waals surface area (Å²) >= 11 is 0. The number of hydrogen-bond donors (Lipinski definition) is 2. The van der Waals surface area contributed by atoms with Crippen LogP contribution in [0.2, 0.25) is 0 Å². The maximum atomic E-state index is 3.72. The molecule has 2 aromatic carbocycles. The number of para-hydroxylation sites is 1. The predicted octanol–water partition coefficient (Wildman–Crippen LogP) is 4.21. The van der Waals surface area contributed by atoms with Crippen LogP contribution in [-0.4, -0.2) is 11.0 Å². The highest BCUT2D eigenvalue weighted by molar-refractivity contribution is 5.85. The molecule has 1 aliphatic heterocycles. The topological polar surface area (TPSA) is 27.8 Å². The molecule has 2 atom stereocenters. The third-order valence-electron chi connectivity index (χ3n) is 4.23. The van der Waals surface area contributed by atoms with Crippen LogP contribution in [0.3, 0.4) is 0 Å². The van der Waals surface area contributed by atoms with E-state index in [-0.39, 0.29) is 18.4 Å². The largest absolute Gasteiger partial charge is 0.357 e. The lowest BCUT2D eigenvalue weighted by molar-refractivity contribution is 0.460. The number of aromatic amines is 1. The second-order valence-corrected chi connectivity index (χ2v) is 5.68. The lowest BCUT2D eigenvalue weighted by atomic mass is 9.91. The summed E-state index contributed by atoms with van der Waals surface area (Å²) < 4.78 is 0. The molecule has 3 heteroatoms. The average molecular weight is 299 g/mol. The first kappa shape index (κ1) is 14.2. The maximum Gasteiger partial charge on any atom is 0.0734 e. The summed E-state index contributed by atoms with van der Waals surface area (Å²) in [7, 11) is 0. The van der Waals surface area contributed by atoms with E-state index < -0.39 is 0 Å². The third-order valence-corrected chi connectivity index (χ3v) is 4.23. The maximum absolute atomic E-state index is 3.72. The molecule has 4 rings (SSSR count). The molecular weight excluding hydrogens is 280 g/mol. The van der Waals surface area contributed by atoms with Gasteiger partial charge in [0.2, 0.25) is 0 Å². The minimum Gasteiger partial charge on any atom is -0.357 e. The van der Waals surface area contributed by atoms with Gasteiger partial charge in [-0.25, -0.2) is 0 Å². The lowest BCUT2D eigenvalue weighted by Gasteiger charge is -2.29. The van der Waals surface area contributed by atoms with Crippen LogP contribution < -0.4 is 5.32 Å². The zero-order valence-electron chi connectivity index (χ0n) is 12.0. The SMILES string of the molecule is CC1Cc2c([nH]c3ccccc23)C(c2ccccc2)N1.Cl. The first-order valence-corrected chi connectivity index (χ1v) is 7.23. The highest BCUT2D eigenvalue weighted by atomic mass is 35.5. The Balaban J connectivity index is 0.00000132. The van der Waals surface area contributed by atoms with Crippen LogP contribution in [0.4, 0.5) is 0 Å². The number of hydrogen-bond acceptors (Lipinski definition) is 1. The fourth-order valence-corrected chi connectivity index (χ4v) is 3.33. The van der Waals surface area contributed by atoms with Crippen molar-refractivity contribution in [2.75, 3.05) is 0 Å². The van der Waals surface area contributed by atoms with Gasteiger partial charge < -0.3 is 10.3 Å². The zero-order chi connectivity index (χ0) is 13.5. The zero-order valence-corrected chi connectivity index (χ0v) is 12.8. The Morgan fingerprint density at radius 3 is 2.48 bits per heavy atom. The monoisotopic (exact) mass is 298 g/mol. The van der Waals surface area contributed by atoms with Crippen LogP contribution in [0.5, 0.6) is 0 Å². The molecule has 2 unspecified atom stereocenters. The van der Waals surface area contributed by atoms with E-state index in [1.54, 1.807) is 0 Å². The van der Waals surface area contributed by atoms with Crippen LogP contribution in [-0.2, 0) is 6.42 Å². The summed E-state index contributed by atoms with van der Waals surface area (Å²) in [5, 5.41) is 5.09. The first-order chi connectivity index (χ1) is 9.83. The van der Waals surface area contributed by atoms with E-state index in [0.29, 0.717) is 6.04 Å². The van der Waals surface area contributed by atoms with Crippen molar-refractivity contribution >= 4 is 23.3 Å². The summed E-state index contributed by atoms with van der Waals surface area (Å²) in [6.07, 6.45) is 1.09. The van der Waals surface area contributed by atoms with Gasteiger partial charge in [0.15, 0.2) is 0 Å². The lowest BCUT2D eigenvalue weighted by Crippen LogP contribution is -2.37. The van der Waals surface area contributed by atoms with E-state index >= 15 is 0 Å². The molecule has 2 N–H and O–H groups in total. The second kappa shape index (κ2) is 5.55. The molecular formula is C18H19ClN2. The Hall–Kier alpha value is -1.77. The van der Waals surface area contributed by atoms with Crippen molar-refractivity contribution in [2.45, 2.75) is 25.4 Å². The van der Waals surface area contributed by atoms with E-state index in [4.69, 9.17) is 0 Å². The molecule has 0 amide bonds. The molecule has 21 heavy (non-hydrogen) atoms. The van der Waals surface area contributed by atoms with Crippen LogP contribution in [0, 0.1) is 0 Å². The molecule has 1 aliphatic rings. The third kappa shape index (κ3) is 2.35. The van der Waals surface area contributed by atoms with Crippen molar-refractivity contribution in [1.82, 2.24) is 10.3 Å². The molecule has 0 bridgehead atoms. The normalized spacial score (nSPS) is 20.8. The summed E-state index contributed by atoms with van der Waals surface area (Å²) in [6.45, 7) is 2.26. The van der Waals surface area contributed by atoms with Gasteiger partial charge in [-0.15, -0.1) is 12.4 Å². The van der Waals surface area contributed by atoms with Crippen LogP contribution in [0.15, 0.2) is 54.6 Å². The Kier molecular flexibility index (Phi) is 3.75. The smallest absolute Gasteiger partial charge is 0.0734 e. The quantitative estimate of drug-likeness (QED) is 0.692. The van der Waals surface area contributed by atoms with Gasteiger partial charge in [-0.1, -0.05) is 48.5 Å². The van der Waals surface area contributed by atoms with Crippen molar-refractivity contribution in [3.05, 3.63) is 71.4 Å². The highest BCUT2D eigenvalue weighted by Gasteiger charge is 2.28. The Labute approximate surface area is 131 Å². The molecule has 0 radical (unpaired) electrons. The molecule has 0 saturated carbocycles. The molecule has 2 nitrogen and oxygen atoms in total. The Bertz CT molecular complexity index is 748. The standard InChI is InChI=1S/C18H18N2.ClH/c1-12-11-15-14-9-5-6-10-16(14)20-18(15)17(19-12)13-7-3-2-4-8-13;/h2-10,12,17,19-20H,11H2,1H3;1H. The number of fused-ring (bicyclic) bond motifs is 3. The van der Waals surface area contributed by atoms with Gasteiger partial charge in [0.05, 0.1) is 6.04 Å². The number of benzene rings is 2. The molecule has 0 aliphatic carbocycles. The first-order valence-electron chi connectivity index (χ1n) is 7.23. The summed E-state index contributed by atoms with van der Waals surface area (Å²) in [5.74, 6) is 0. The average Bonchev–Trinajstić information content (AvgIpc) is 2.86. The molecule has 2 heterocycles. The fraction of sp³-hybridized carbons (Fsp3) is 0.222. The van der Waals surface area contributed by atoms with Crippen LogP contribution >= 0.6 is 12.4 Å². The molecule has 3 aromatic rings. The number of halogens is 1. The van der Waals surface area contributed by atoms with E-state index in [1.807, 2.05) is 0 Å². The van der Waals surface area contributed by atoms with Gasteiger partial charge in [0, 0.05) is 22.6 Å². The van der Waals surface area contributed by atoms with Gasteiger partial charge in [-0.3, -0.25) is 0 Å². The predicted molar refractivity (Wildman–Crippen MR) is 90.1 cm³/mol. The second-order valence-electron chi connectivity index (χ2n) is 5.68. The minimum absolute atomic E-state index is 0. The Morgan fingerprint density at radius 2 is 1.67 bits per heavy atom. The molecule has 108 valence electrons. The molecule has 0 spiro atoms. The van der Waals surface area contributed by atoms with E-state index in [2.05, 4.69) is 71.8 Å². The molecule has 1 aromatic heterocycles. The number of nitrogens with one attached hydrogen (secondary N) is 2. The van der Waals surface area contributed by atoms with Gasteiger partial charge in [-0.2, -0.15) is 0 Å². The van der Waals surface area contributed by atoms with Crippen LogP contribution in [0.1, 0.15) is 29.8 Å². The highest BCUT2D eigenvalue weighted by Crippen LogP contribution is 2.34. The summed E-state index contributed by atoms with van der Waals surface area (Å²) in [6, 6.07) is 20.1. The molecule has 0 fully saturated rings. The van der Waals surface area contributed by atoms with E-state index in [1.165, 1.54) is 27.7 Å². The summed E-state index contributed by atoms with van der Waals surface area (Å²) in [5.41, 5.74) is 5.37. The Morgan fingerprint density at radius 1 is 0.952 bits per heavy atom. The van der Waals surface area contributed by atoms with Gasteiger partial charge in [0.1, 0.15) is 0 Å². The van der Waals surface area contributed by atoms with E-state index in [9.17, 15) is 0 Å². The van der Waals surface area contributed by atoms with Crippen LogP contribution in [0.25, 0.3) is 10.9 Å². The molecule has 0 saturated heterocycles. The summed E-state index contributed by atoms with van der Waals surface area (Å²) in [4.78, 5) is 3.62. The van der Waals surface area contributed by atoms with Crippen molar-refractivity contribution < 1.29 is 0 Å². The number of H-pyrrole nitrogens is 1. The van der Waals surface area contributed by atoms with Crippen molar-refractivity contribution in [1.29, 1.82) is 0 Å². The van der Waals surface area contributed by atoms with Crippen molar-refractivity contribution in [3.63, 3.8) is 0 Å². The fourth-order valence-electron chi connectivity index (χ4n) is 3.33. The van der Waals surface area contributed by atoms with Crippen molar-refractivity contribution in [2.24, 2.45) is 0 Å². The number of rotatable bonds is 1. The van der Waals surface area contributed by atoms with Gasteiger partial charge in [-0.05, 0) is 30.5 Å². The van der Waals surface area contributed by atoms with E-state index in [0.717, 1.165) is 6.42 Å².